The molecule has 0 amide bonds. The second kappa shape index (κ2) is 5.90. The third-order valence-electron chi connectivity index (χ3n) is 5.52. The van der Waals surface area contributed by atoms with Gasteiger partial charge in [-0.1, -0.05) is 24.3 Å². The van der Waals surface area contributed by atoms with E-state index >= 15 is 0 Å². The van der Waals surface area contributed by atoms with E-state index in [-0.39, 0.29) is 5.76 Å². The van der Waals surface area contributed by atoms with E-state index in [9.17, 15) is 10.2 Å². The minimum absolute atomic E-state index is 0.185. The van der Waals surface area contributed by atoms with E-state index in [4.69, 9.17) is 0 Å². The maximum atomic E-state index is 10.7. The summed E-state index contributed by atoms with van der Waals surface area (Å²) >= 11 is 0. The molecule has 0 radical (unpaired) electrons. The van der Waals surface area contributed by atoms with Crippen LogP contribution in [0.4, 0.5) is 5.69 Å². The number of aliphatic hydroxyl groups is 2. The third kappa shape index (κ3) is 2.35. The van der Waals surface area contributed by atoms with Crippen LogP contribution in [0.1, 0.15) is 25.7 Å². The molecule has 1 heterocycles. The highest BCUT2D eigenvalue weighted by Gasteiger charge is 2.41. The van der Waals surface area contributed by atoms with Crippen molar-refractivity contribution in [2.75, 3.05) is 11.4 Å². The Morgan fingerprint density at radius 1 is 1.21 bits per heavy atom. The first kappa shape index (κ1) is 15.1. The van der Waals surface area contributed by atoms with Gasteiger partial charge in [-0.3, -0.25) is 0 Å². The Labute approximate surface area is 142 Å². The van der Waals surface area contributed by atoms with Crippen LogP contribution in [0.5, 0.6) is 0 Å². The van der Waals surface area contributed by atoms with Crippen molar-refractivity contribution in [3.8, 4) is 0 Å². The van der Waals surface area contributed by atoms with Gasteiger partial charge >= 0.3 is 0 Å². The van der Waals surface area contributed by atoms with Crippen LogP contribution >= 0.6 is 0 Å². The number of hydrogen-bond donors (Lipinski definition) is 2. The summed E-state index contributed by atoms with van der Waals surface area (Å²) in [6, 6.07) is 10.1. The van der Waals surface area contributed by atoms with E-state index in [0.29, 0.717) is 29.6 Å². The zero-order valence-corrected chi connectivity index (χ0v) is 13.8. The molecule has 4 rings (SSSR count). The molecular weight excluding hydrogens is 298 g/mol. The Hall–Kier alpha value is -2.42. The van der Waals surface area contributed by atoms with Crippen molar-refractivity contribution in [2.24, 2.45) is 11.8 Å². The Kier molecular flexibility index (Phi) is 3.72. The highest BCUT2D eigenvalue weighted by Crippen LogP contribution is 2.51. The Morgan fingerprint density at radius 3 is 2.75 bits per heavy atom. The van der Waals surface area contributed by atoms with Crippen molar-refractivity contribution in [2.45, 2.75) is 25.7 Å². The molecule has 3 nitrogen and oxygen atoms in total. The fourth-order valence-corrected chi connectivity index (χ4v) is 4.47. The lowest BCUT2D eigenvalue weighted by Gasteiger charge is -2.24. The first-order valence-electron chi connectivity index (χ1n) is 8.68. The summed E-state index contributed by atoms with van der Waals surface area (Å²) < 4.78 is 0. The van der Waals surface area contributed by atoms with E-state index in [2.05, 4.69) is 11.5 Å². The summed E-state index contributed by atoms with van der Waals surface area (Å²) in [6.45, 7) is 4.68. The lowest BCUT2D eigenvalue weighted by atomic mass is 9.83. The average molecular weight is 321 g/mol. The van der Waals surface area contributed by atoms with Crippen LogP contribution in [0.15, 0.2) is 77.4 Å². The molecule has 1 aliphatic heterocycles. The van der Waals surface area contributed by atoms with Crippen LogP contribution in [0.25, 0.3) is 0 Å². The van der Waals surface area contributed by atoms with Gasteiger partial charge in [-0.25, -0.2) is 0 Å². The van der Waals surface area contributed by atoms with E-state index in [1.807, 2.05) is 36.4 Å². The van der Waals surface area contributed by atoms with Crippen LogP contribution in [-0.4, -0.2) is 16.8 Å². The van der Waals surface area contributed by atoms with E-state index in [0.717, 1.165) is 31.5 Å². The average Bonchev–Trinajstić information content (AvgIpc) is 2.83. The zero-order valence-electron chi connectivity index (χ0n) is 13.8. The van der Waals surface area contributed by atoms with Crippen molar-refractivity contribution in [1.29, 1.82) is 0 Å². The molecule has 0 spiro atoms. The zero-order chi connectivity index (χ0) is 16.7. The second-order valence-electron chi connectivity index (χ2n) is 6.93. The van der Waals surface area contributed by atoms with Crippen molar-refractivity contribution < 1.29 is 10.2 Å². The molecule has 1 aromatic carbocycles. The van der Waals surface area contributed by atoms with Gasteiger partial charge in [0.25, 0.3) is 0 Å². The molecule has 0 aromatic heterocycles. The first-order valence-corrected chi connectivity index (χ1v) is 8.68. The number of hydrogen-bond acceptors (Lipinski definition) is 3. The molecule has 2 aliphatic carbocycles. The summed E-state index contributed by atoms with van der Waals surface area (Å²) in [7, 11) is 0. The SMILES string of the molecule is C=CC[C@@H]1C[C@@H]2CCC(O)=C3C(O)=CN(c4ccccc4)CC1=C32. The molecule has 2 atom stereocenters. The van der Waals surface area contributed by atoms with Crippen molar-refractivity contribution >= 4 is 5.69 Å². The van der Waals surface area contributed by atoms with Crippen LogP contribution in [0.2, 0.25) is 0 Å². The molecule has 0 unspecified atom stereocenters. The fraction of sp³-hybridized carbons (Fsp3) is 0.333. The summed E-state index contributed by atoms with van der Waals surface area (Å²) in [5.74, 6) is 1.42. The molecule has 2 N–H and O–H groups in total. The number of aliphatic hydroxyl groups excluding tert-OH is 2. The summed E-state index contributed by atoms with van der Waals surface area (Å²) in [4.78, 5) is 2.09. The maximum absolute atomic E-state index is 10.7. The van der Waals surface area contributed by atoms with Crippen molar-refractivity contribution in [3.63, 3.8) is 0 Å². The number of anilines is 1. The van der Waals surface area contributed by atoms with Crippen LogP contribution in [-0.2, 0) is 0 Å². The van der Waals surface area contributed by atoms with Crippen molar-refractivity contribution in [1.82, 2.24) is 0 Å². The molecule has 0 saturated carbocycles. The Bertz CT molecular complexity index is 757. The van der Waals surface area contributed by atoms with Crippen LogP contribution < -0.4 is 4.90 Å². The number of allylic oxidation sites excluding steroid dienone is 3. The normalized spacial score (nSPS) is 26.2. The minimum Gasteiger partial charge on any atom is -0.512 e. The minimum atomic E-state index is 0.185. The first-order chi connectivity index (χ1) is 11.7. The van der Waals surface area contributed by atoms with Gasteiger partial charge < -0.3 is 15.1 Å². The molecule has 124 valence electrons. The Morgan fingerprint density at radius 2 is 2.00 bits per heavy atom. The maximum Gasteiger partial charge on any atom is 0.142 e. The van der Waals surface area contributed by atoms with Gasteiger partial charge in [0.1, 0.15) is 11.5 Å². The number of benzene rings is 1. The quantitative estimate of drug-likeness (QED) is 0.768. The number of nitrogens with zero attached hydrogens (tertiary/aromatic N) is 1. The summed E-state index contributed by atoms with van der Waals surface area (Å²) in [5, 5.41) is 21.2. The van der Waals surface area contributed by atoms with Gasteiger partial charge in [0.2, 0.25) is 0 Å². The molecule has 1 aromatic rings. The fourth-order valence-electron chi connectivity index (χ4n) is 4.47. The van der Waals surface area contributed by atoms with Gasteiger partial charge in [0.15, 0.2) is 0 Å². The Balaban J connectivity index is 1.85. The van der Waals surface area contributed by atoms with Gasteiger partial charge in [-0.05, 0) is 54.4 Å². The van der Waals surface area contributed by atoms with E-state index in [1.165, 1.54) is 11.1 Å². The highest BCUT2D eigenvalue weighted by atomic mass is 16.3. The second-order valence-corrected chi connectivity index (χ2v) is 6.93. The molecule has 0 fully saturated rings. The molecule has 0 bridgehead atoms. The molecule has 3 aliphatic rings. The standard InChI is InChI=1S/C21H23NO2/c1-2-6-14-11-15-9-10-18(23)21-19(24)13-22(12-17(14)20(15)21)16-7-4-3-5-8-16/h2-5,7-8,13-15,23-24H,1,6,9-12H2/t14-,15+/m1/s1. The van der Waals surface area contributed by atoms with Crippen LogP contribution in [0.3, 0.4) is 0 Å². The molecular formula is C21H23NO2. The topological polar surface area (TPSA) is 43.7 Å². The predicted molar refractivity (Wildman–Crippen MR) is 96.8 cm³/mol. The lowest BCUT2D eigenvalue weighted by Crippen LogP contribution is -2.21. The highest BCUT2D eigenvalue weighted by molar-refractivity contribution is 5.61. The number of para-hydroxylation sites is 1. The van der Waals surface area contributed by atoms with Crippen molar-refractivity contribution in [3.05, 3.63) is 77.4 Å². The summed E-state index contributed by atoms with van der Waals surface area (Å²) in [6.07, 6.45) is 7.44. The molecule has 3 heteroatoms. The van der Waals surface area contributed by atoms with E-state index < -0.39 is 0 Å². The molecule has 0 saturated heterocycles. The number of rotatable bonds is 3. The van der Waals surface area contributed by atoms with Gasteiger partial charge in [-0.15, -0.1) is 6.58 Å². The predicted octanol–water partition coefficient (Wildman–Crippen LogP) is 5.02. The van der Waals surface area contributed by atoms with Gasteiger partial charge in [0, 0.05) is 24.9 Å². The monoisotopic (exact) mass is 321 g/mol. The van der Waals surface area contributed by atoms with E-state index in [1.54, 1.807) is 6.20 Å². The van der Waals surface area contributed by atoms with Crippen LogP contribution in [0, 0.1) is 11.8 Å². The smallest absolute Gasteiger partial charge is 0.142 e. The van der Waals surface area contributed by atoms with Gasteiger partial charge in [-0.2, -0.15) is 0 Å². The van der Waals surface area contributed by atoms with Gasteiger partial charge in [0.05, 0.1) is 5.57 Å². The molecule has 24 heavy (non-hydrogen) atoms. The largest absolute Gasteiger partial charge is 0.512 e. The third-order valence-corrected chi connectivity index (χ3v) is 5.52. The lowest BCUT2D eigenvalue weighted by molar-refractivity contribution is 0.330. The summed E-state index contributed by atoms with van der Waals surface area (Å²) in [5.41, 5.74) is 4.28.